The van der Waals surface area contributed by atoms with Gasteiger partial charge in [0.25, 0.3) is 0 Å². The standard InChI is InChI=1S/C32H35F9N2O4/c1-4-12-46-28(44)19-8-10-42(11-9-19)26(5-2)25-7-6-22(30(33,34)35)15-21(25)17-43-18(3)27(47-29(43)45)20-13-23(31(36,37)38)16-24(14-20)32(39,40)41/h6-7,13-14,16,18-19,25-27H,4-5,8-12,17H2,1-3H3/t18-,25?,26?,27-/m0/s1. The molecule has 2 heterocycles. The number of cyclic esters (lactones) is 1. The van der Waals surface area contributed by atoms with Crippen molar-refractivity contribution in [1.29, 1.82) is 0 Å². The summed E-state index contributed by atoms with van der Waals surface area (Å²) in [6.07, 6.45) is -13.3. The SMILES string of the molecule is CCCOC(=O)C1CCN(C(CC)C2C=CC(C(F)(F)F)=C=C2CN2C(=O)O[C@H](c3cc(C(F)(F)F)cc(C(F)(F)F)c3)[C@@H]2C)CC1. The summed E-state index contributed by atoms with van der Waals surface area (Å²) < 4.78 is 133. The second-order valence-electron chi connectivity index (χ2n) is 11.9. The number of carbonyl (C=O) groups excluding carboxylic acids is 2. The highest BCUT2D eigenvalue weighted by molar-refractivity contribution is 5.72. The molecule has 2 unspecified atom stereocenters. The molecule has 0 bridgehead atoms. The predicted molar refractivity (Wildman–Crippen MR) is 151 cm³/mol. The molecule has 4 atom stereocenters. The van der Waals surface area contributed by atoms with Gasteiger partial charge in [-0.25, -0.2) is 4.79 Å². The Balaban J connectivity index is 1.62. The molecule has 1 amide bonds. The smallest absolute Gasteiger partial charge is 0.423 e. The lowest BCUT2D eigenvalue weighted by molar-refractivity contribution is -0.150. The molecule has 2 fully saturated rings. The molecular formula is C32H35F9N2O4. The molecule has 0 aromatic heterocycles. The maximum absolute atomic E-state index is 13.8. The number of amides is 1. The first-order valence-electron chi connectivity index (χ1n) is 15.3. The number of halogens is 9. The fourth-order valence-electron chi connectivity index (χ4n) is 6.30. The van der Waals surface area contributed by atoms with E-state index in [1.54, 1.807) is 0 Å². The van der Waals surface area contributed by atoms with E-state index in [0.717, 1.165) is 11.0 Å². The van der Waals surface area contributed by atoms with Crippen LogP contribution in [0.3, 0.4) is 0 Å². The van der Waals surface area contributed by atoms with Crippen molar-refractivity contribution >= 4 is 12.1 Å². The van der Waals surface area contributed by atoms with Crippen molar-refractivity contribution < 1.29 is 58.6 Å². The minimum Gasteiger partial charge on any atom is -0.465 e. The van der Waals surface area contributed by atoms with Crippen LogP contribution in [0.15, 0.2) is 47.2 Å². The number of rotatable bonds is 9. The van der Waals surface area contributed by atoms with E-state index in [0.29, 0.717) is 57.5 Å². The van der Waals surface area contributed by atoms with Gasteiger partial charge < -0.3 is 9.47 Å². The fraction of sp³-hybridized carbons (Fsp3) is 0.594. The number of hydrogen-bond acceptors (Lipinski definition) is 5. The van der Waals surface area contributed by atoms with E-state index in [1.165, 1.54) is 13.0 Å². The Morgan fingerprint density at radius 1 is 0.979 bits per heavy atom. The molecule has 1 aromatic rings. The number of carbonyl (C=O) groups is 2. The highest BCUT2D eigenvalue weighted by Crippen LogP contribution is 2.42. The number of alkyl halides is 9. The number of esters is 1. The van der Waals surface area contributed by atoms with E-state index in [-0.39, 0.29) is 29.6 Å². The Morgan fingerprint density at radius 2 is 1.57 bits per heavy atom. The lowest BCUT2D eigenvalue weighted by Gasteiger charge is -2.41. The average Bonchev–Trinajstić information content (AvgIpc) is 3.28. The Hall–Kier alpha value is -3.45. The van der Waals surface area contributed by atoms with Gasteiger partial charge in [0.15, 0.2) is 0 Å². The van der Waals surface area contributed by atoms with Gasteiger partial charge in [0.1, 0.15) is 6.10 Å². The van der Waals surface area contributed by atoms with Crippen LogP contribution in [-0.2, 0) is 26.6 Å². The lowest BCUT2D eigenvalue weighted by atomic mass is 9.83. The van der Waals surface area contributed by atoms with Crippen LogP contribution in [0.25, 0.3) is 0 Å². The van der Waals surface area contributed by atoms with Crippen molar-refractivity contribution in [2.24, 2.45) is 11.8 Å². The van der Waals surface area contributed by atoms with Crippen LogP contribution in [0.1, 0.15) is 69.2 Å². The van der Waals surface area contributed by atoms with Crippen molar-refractivity contribution in [2.45, 2.75) is 83.2 Å². The average molecular weight is 683 g/mol. The number of allylic oxidation sites excluding steroid dienone is 1. The second-order valence-corrected chi connectivity index (χ2v) is 11.9. The summed E-state index contributed by atoms with van der Waals surface area (Å²) in [6.45, 7) is 5.81. The zero-order valence-corrected chi connectivity index (χ0v) is 25.9. The molecule has 260 valence electrons. The first kappa shape index (κ1) is 36.4. The van der Waals surface area contributed by atoms with Crippen molar-refractivity contribution in [3.63, 3.8) is 0 Å². The Bertz CT molecular complexity index is 1390. The molecular weight excluding hydrogens is 647 g/mol. The van der Waals surface area contributed by atoms with Gasteiger partial charge >= 0.3 is 30.6 Å². The highest BCUT2D eigenvalue weighted by atomic mass is 19.4. The lowest BCUT2D eigenvalue weighted by Crippen LogP contribution is -2.47. The van der Waals surface area contributed by atoms with E-state index in [1.807, 2.05) is 13.8 Å². The molecule has 1 aromatic carbocycles. The van der Waals surface area contributed by atoms with Gasteiger partial charge in [-0.2, -0.15) is 39.5 Å². The van der Waals surface area contributed by atoms with Crippen LogP contribution in [0, 0.1) is 11.8 Å². The van der Waals surface area contributed by atoms with Crippen LogP contribution in [0.5, 0.6) is 0 Å². The normalized spacial score (nSPS) is 23.8. The van der Waals surface area contributed by atoms with E-state index >= 15 is 0 Å². The monoisotopic (exact) mass is 682 g/mol. The van der Waals surface area contributed by atoms with Crippen molar-refractivity contribution in [3.05, 3.63) is 63.9 Å². The van der Waals surface area contributed by atoms with Crippen molar-refractivity contribution in [3.8, 4) is 0 Å². The van der Waals surface area contributed by atoms with Crippen molar-refractivity contribution in [2.75, 3.05) is 26.2 Å². The van der Waals surface area contributed by atoms with Crippen LogP contribution in [0.4, 0.5) is 44.3 Å². The van der Waals surface area contributed by atoms with Gasteiger partial charge in [-0.1, -0.05) is 19.9 Å². The highest BCUT2D eigenvalue weighted by Gasteiger charge is 2.45. The molecule has 2 aliphatic heterocycles. The maximum atomic E-state index is 13.8. The van der Waals surface area contributed by atoms with Gasteiger partial charge in [0, 0.05) is 17.5 Å². The second kappa shape index (κ2) is 14.0. The zero-order chi connectivity index (χ0) is 34.9. The zero-order valence-electron chi connectivity index (χ0n) is 25.9. The van der Waals surface area contributed by atoms with E-state index in [9.17, 15) is 49.1 Å². The molecule has 1 aliphatic carbocycles. The Kier molecular flexibility index (Phi) is 10.8. The number of hydrogen-bond donors (Lipinski definition) is 0. The summed E-state index contributed by atoms with van der Waals surface area (Å²) in [5.74, 6) is -1.29. The third kappa shape index (κ3) is 8.35. The van der Waals surface area contributed by atoms with Crippen LogP contribution < -0.4 is 0 Å². The molecule has 0 radical (unpaired) electrons. The third-order valence-electron chi connectivity index (χ3n) is 8.76. The molecule has 47 heavy (non-hydrogen) atoms. The minimum absolute atomic E-state index is 0.0439. The molecule has 6 nitrogen and oxygen atoms in total. The number of likely N-dealkylation sites (tertiary alicyclic amines) is 1. The summed E-state index contributed by atoms with van der Waals surface area (Å²) in [5.41, 5.74) is -2.37. The first-order valence-corrected chi connectivity index (χ1v) is 15.3. The van der Waals surface area contributed by atoms with Crippen molar-refractivity contribution in [1.82, 2.24) is 9.80 Å². The topological polar surface area (TPSA) is 59.1 Å². The summed E-state index contributed by atoms with van der Waals surface area (Å²) in [7, 11) is 0. The Morgan fingerprint density at radius 3 is 2.09 bits per heavy atom. The summed E-state index contributed by atoms with van der Waals surface area (Å²) in [6, 6.07) is -0.618. The van der Waals surface area contributed by atoms with Gasteiger partial charge in [0.05, 0.1) is 41.8 Å². The van der Waals surface area contributed by atoms with E-state index in [2.05, 4.69) is 10.6 Å². The van der Waals surface area contributed by atoms with Crippen LogP contribution >= 0.6 is 0 Å². The van der Waals surface area contributed by atoms with Gasteiger partial charge in [-0.05, 0) is 75.5 Å². The van der Waals surface area contributed by atoms with Gasteiger partial charge in [0.2, 0.25) is 0 Å². The molecule has 0 N–H and O–H groups in total. The summed E-state index contributed by atoms with van der Waals surface area (Å²) in [5, 5.41) is 0. The van der Waals surface area contributed by atoms with E-state index in [4.69, 9.17) is 9.47 Å². The van der Waals surface area contributed by atoms with Crippen LogP contribution in [0.2, 0.25) is 0 Å². The minimum atomic E-state index is -5.13. The molecule has 3 aliphatic rings. The first-order chi connectivity index (χ1) is 21.8. The number of ether oxygens (including phenoxy) is 2. The largest absolute Gasteiger partial charge is 0.465 e. The van der Waals surface area contributed by atoms with E-state index < -0.39 is 71.5 Å². The molecule has 4 rings (SSSR count). The maximum Gasteiger partial charge on any atom is 0.423 e. The quantitative estimate of drug-likeness (QED) is 0.149. The molecule has 15 heteroatoms. The summed E-state index contributed by atoms with van der Waals surface area (Å²) in [4.78, 5) is 28.4. The number of piperidine rings is 1. The third-order valence-corrected chi connectivity index (χ3v) is 8.76. The fourth-order valence-corrected chi connectivity index (χ4v) is 6.30. The van der Waals surface area contributed by atoms with Crippen LogP contribution in [-0.4, -0.2) is 66.4 Å². The molecule has 2 saturated heterocycles. The Labute approximate surface area is 265 Å². The number of benzene rings is 1. The van der Waals surface area contributed by atoms with Gasteiger partial charge in [-0.15, -0.1) is 5.73 Å². The number of nitrogens with zero attached hydrogens (tertiary/aromatic N) is 2. The van der Waals surface area contributed by atoms with Gasteiger partial charge in [-0.3, -0.25) is 14.6 Å². The molecule has 0 spiro atoms. The summed E-state index contributed by atoms with van der Waals surface area (Å²) >= 11 is 0. The predicted octanol–water partition coefficient (Wildman–Crippen LogP) is 8.25. The molecule has 0 saturated carbocycles.